The Labute approximate surface area is 124 Å². The molecule has 1 heterocycles. The van der Waals surface area contributed by atoms with Crippen molar-refractivity contribution < 1.29 is 9.47 Å². The van der Waals surface area contributed by atoms with Crippen molar-refractivity contribution in [2.75, 3.05) is 7.11 Å². The van der Waals surface area contributed by atoms with Crippen molar-refractivity contribution in [3.8, 4) is 11.5 Å². The van der Waals surface area contributed by atoms with Crippen LogP contribution in [0.25, 0.3) is 0 Å². The van der Waals surface area contributed by atoms with Crippen molar-refractivity contribution in [3.05, 3.63) is 46.2 Å². The average molecular weight is 291 g/mol. The summed E-state index contributed by atoms with van der Waals surface area (Å²) < 4.78 is 11.2. The van der Waals surface area contributed by atoms with Gasteiger partial charge in [-0.05, 0) is 48.1 Å². The molecule has 2 aromatic rings. The van der Waals surface area contributed by atoms with Gasteiger partial charge in [0, 0.05) is 10.9 Å². The first-order valence-corrected chi connectivity index (χ1v) is 7.68. The standard InChI is InChI=1S/C16H21NO2S/c1-3-13(17)9-12-10-14(18-2)6-7-16(12)19-11-15-5-4-8-20-15/h4-8,10,13H,3,9,11,17H2,1-2H3. The van der Waals surface area contributed by atoms with Gasteiger partial charge in [-0.15, -0.1) is 11.3 Å². The van der Waals surface area contributed by atoms with E-state index in [2.05, 4.69) is 18.4 Å². The van der Waals surface area contributed by atoms with E-state index in [0.29, 0.717) is 6.61 Å². The molecular weight excluding hydrogens is 270 g/mol. The fourth-order valence-electron chi connectivity index (χ4n) is 1.95. The normalized spacial score (nSPS) is 12.2. The molecule has 0 aliphatic carbocycles. The van der Waals surface area contributed by atoms with Gasteiger partial charge in [-0.1, -0.05) is 13.0 Å². The minimum atomic E-state index is 0.145. The summed E-state index contributed by atoms with van der Waals surface area (Å²) in [5.74, 6) is 1.73. The van der Waals surface area contributed by atoms with Crippen LogP contribution < -0.4 is 15.2 Å². The second-order valence-corrected chi connectivity index (χ2v) is 5.75. The second kappa shape index (κ2) is 7.31. The smallest absolute Gasteiger partial charge is 0.123 e. The summed E-state index contributed by atoms with van der Waals surface area (Å²) >= 11 is 1.70. The van der Waals surface area contributed by atoms with E-state index in [1.165, 1.54) is 4.88 Å². The molecule has 0 fully saturated rings. The zero-order valence-electron chi connectivity index (χ0n) is 12.0. The van der Waals surface area contributed by atoms with E-state index >= 15 is 0 Å². The predicted octanol–water partition coefficient (Wildman–Crippen LogP) is 3.62. The Morgan fingerprint density at radius 2 is 2.15 bits per heavy atom. The summed E-state index contributed by atoms with van der Waals surface area (Å²) in [5, 5.41) is 2.06. The molecule has 0 aliphatic rings. The SMILES string of the molecule is CCC(N)Cc1cc(OC)ccc1OCc1cccs1. The molecular formula is C16H21NO2S. The van der Waals surface area contributed by atoms with E-state index in [-0.39, 0.29) is 6.04 Å². The van der Waals surface area contributed by atoms with E-state index < -0.39 is 0 Å². The molecule has 2 rings (SSSR count). The van der Waals surface area contributed by atoms with Gasteiger partial charge in [-0.25, -0.2) is 0 Å². The molecule has 0 saturated carbocycles. The Morgan fingerprint density at radius 1 is 1.30 bits per heavy atom. The van der Waals surface area contributed by atoms with Gasteiger partial charge in [0.1, 0.15) is 18.1 Å². The van der Waals surface area contributed by atoms with E-state index in [9.17, 15) is 0 Å². The monoisotopic (exact) mass is 291 g/mol. The van der Waals surface area contributed by atoms with Crippen LogP contribution in [-0.2, 0) is 13.0 Å². The number of rotatable bonds is 7. The van der Waals surface area contributed by atoms with Crippen molar-refractivity contribution in [2.24, 2.45) is 5.73 Å². The van der Waals surface area contributed by atoms with Crippen LogP contribution in [0.2, 0.25) is 0 Å². The summed E-state index contributed by atoms with van der Waals surface area (Å²) in [6, 6.07) is 10.1. The highest BCUT2D eigenvalue weighted by molar-refractivity contribution is 7.09. The van der Waals surface area contributed by atoms with Crippen molar-refractivity contribution >= 4 is 11.3 Å². The molecule has 0 radical (unpaired) electrons. The van der Waals surface area contributed by atoms with Crippen LogP contribution in [0.1, 0.15) is 23.8 Å². The van der Waals surface area contributed by atoms with E-state index in [1.54, 1.807) is 18.4 Å². The predicted molar refractivity (Wildman–Crippen MR) is 83.6 cm³/mol. The van der Waals surface area contributed by atoms with Crippen LogP contribution in [0, 0.1) is 0 Å². The molecule has 0 bridgehead atoms. The third kappa shape index (κ3) is 3.99. The quantitative estimate of drug-likeness (QED) is 0.847. The van der Waals surface area contributed by atoms with Crippen molar-refractivity contribution in [1.29, 1.82) is 0 Å². The Hall–Kier alpha value is -1.52. The van der Waals surface area contributed by atoms with Crippen LogP contribution >= 0.6 is 11.3 Å². The fraction of sp³-hybridized carbons (Fsp3) is 0.375. The maximum Gasteiger partial charge on any atom is 0.123 e. The van der Waals surface area contributed by atoms with Crippen molar-refractivity contribution in [2.45, 2.75) is 32.4 Å². The summed E-state index contributed by atoms with van der Waals surface area (Å²) in [4.78, 5) is 1.21. The first-order chi connectivity index (χ1) is 9.72. The highest BCUT2D eigenvalue weighted by atomic mass is 32.1. The van der Waals surface area contributed by atoms with Crippen molar-refractivity contribution in [1.82, 2.24) is 0 Å². The third-order valence-electron chi connectivity index (χ3n) is 3.22. The van der Waals surface area contributed by atoms with Crippen LogP contribution in [0.15, 0.2) is 35.7 Å². The minimum absolute atomic E-state index is 0.145. The fourth-order valence-corrected chi connectivity index (χ4v) is 2.57. The summed E-state index contributed by atoms with van der Waals surface area (Å²) in [7, 11) is 1.67. The number of nitrogens with two attached hydrogens (primary N) is 1. The minimum Gasteiger partial charge on any atom is -0.497 e. The lowest BCUT2D eigenvalue weighted by molar-refractivity contribution is 0.304. The molecule has 0 amide bonds. The van der Waals surface area contributed by atoms with Gasteiger partial charge >= 0.3 is 0 Å². The summed E-state index contributed by atoms with van der Waals surface area (Å²) in [6.07, 6.45) is 1.75. The van der Waals surface area contributed by atoms with Gasteiger partial charge in [0.05, 0.1) is 7.11 Å². The first-order valence-electron chi connectivity index (χ1n) is 6.80. The van der Waals surface area contributed by atoms with Crippen LogP contribution in [0.3, 0.4) is 0 Å². The summed E-state index contributed by atoms with van der Waals surface area (Å²) in [6.45, 7) is 2.69. The second-order valence-electron chi connectivity index (χ2n) is 4.71. The highest BCUT2D eigenvalue weighted by Crippen LogP contribution is 2.27. The Kier molecular flexibility index (Phi) is 5.44. The molecule has 108 valence electrons. The number of ether oxygens (including phenoxy) is 2. The lowest BCUT2D eigenvalue weighted by Gasteiger charge is -2.15. The molecule has 4 heteroatoms. The lowest BCUT2D eigenvalue weighted by Crippen LogP contribution is -2.21. The van der Waals surface area contributed by atoms with Gasteiger partial charge in [0.15, 0.2) is 0 Å². The molecule has 1 unspecified atom stereocenters. The lowest BCUT2D eigenvalue weighted by atomic mass is 10.0. The third-order valence-corrected chi connectivity index (χ3v) is 4.07. The van der Waals surface area contributed by atoms with Crippen molar-refractivity contribution in [3.63, 3.8) is 0 Å². The number of hydrogen-bond acceptors (Lipinski definition) is 4. The molecule has 0 saturated heterocycles. The Balaban J connectivity index is 2.12. The molecule has 0 spiro atoms. The number of hydrogen-bond donors (Lipinski definition) is 1. The Bertz CT molecular complexity index is 525. The molecule has 3 nitrogen and oxygen atoms in total. The number of thiophene rings is 1. The van der Waals surface area contributed by atoms with E-state index in [0.717, 1.165) is 29.9 Å². The largest absolute Gasteiger partial charge is 0.497 e. The Morgan fingerprint density at radius 3 is 2.80 bits per heavy atom. The van der Waals surface area contributed by atoms with E-state index in [1.807, 2.05) is 24.3 Å². The van der Waals surface area contributed by atoms with Gasteiger partial charge in [-0.2, -0.15) is 0 Å². The van der Waals surface area contributed by atoms with Crippen LogP contribution in [-0.4, -0.2) is 13.2 Å². The molecule has 20 heavy (non-hydrogen) atoms. The molecule has 1 aromatic carbocycles. The van der Waals surface area contributed by atoms with Crippen LogP contribution in [0.5, 0.6) is 11.5 Å². The molecule has 0 aliphatic heterocycles. The molecule has 2 N–H and O–H groups in total. The highest BCUT2D eigenvalue weighted by Gasteiger charge is 2.10. The number of benzene rings is 1. The zero-order chi connectivity index (χ0) is 14.4. The summed E-state index contributed by atoms with van der Waals surface area (Å²) in [5.41, 5.74) is 7.17. The topological polar surface area (TPSA) is 44.5 Å². The van der Waals surface area contributed by atoms with E-state index in [4.69, 9.17) is 15.2 Å². The van der Waals surface area contributed by atoms with Crippen LogP contribution in [0.4, 0.5) is 0 Å². The van der Waals surface area contributed by atoms with Gasteiger partial charge in [0.2, 0.25) is 0 Å². The zero-order valence-corrected chi connectivity index (χ0v) is 12.8. The average Bonchev–Trinajstić information content (AvgIpc) is 2.99. The molecule has 1 aromatic heterocycles. The van der Waals surface area contributed by atoms with Gasteiger partial charge in [0.25, 0.3) is 0 Å². The maximum atomic E-state index is 6.06. The van der Waals surface area contributed by atoms with Gasteiger partial charge < -0.3 is 15.2 Å². The molecule has 1 atom stereocenters. The first kappa shape index (κ1) is 14.9. The maximum absolute atomic E-state index is 6.06. The van der Waals surface area contributed by atoms with Gasteiger partial charge in [-0.3, -0.25) is 0 Å². The number of methoxy groups -OCH3 is 1.